The van der Waals surface area contributed by atoms with Crippen LogP contribution in [0.15, 0.2) is 6.20 Å². The van der Waals surface area contributed by atoms with Gasteiger partial charge in [0.2, 0.25) is 5.91 Å². The molecule has 0 spiro atoms. The molecule has 1 amide bonds. The van der Waals surface area contributed by atoms with Gasteiger partial charge in [-0.25, -0.2) is 4.98 Å². The molecule has 2 aliphatic rings. The van der Waals surface area contributed by atoms with Crippen molar-refractivity contribution in [2.45, 2.75) is 70.6 Å². The second-order valence-corrected chi connectivity index (χ2v) is 7.17. The molecular weight excluding hydrogens is 274 g/mol. The SMILES string of the molecule is Cc1cnc(C2CCN(C(=O)CCCC3CCCCC3)C2)[nH]1. The molecule has 1 saturated carbocycles. The quantitative estimate of drug-likeness (QED) is 0.899. The lowest BCUT2D eigenvalue weighted by atomic mass is 9.86. The highest BCUT2D eigenvalue weighted by atomic mass is 16.2. The van der Waals surface area contributed by atoms with E-state index in [0.29, 0.717) is 11.8 Å². The summed E-state index contributed by atoms with van der Waals surface area (Å²) in [6, 6.07) is 0. The molecule has 4 nitrogen and oxygen atoms in total. The number of hydrogen-bond donors (Lipinski definition) is 1. The van der Waals surface area contributed by atoms with Crippen molar-refractivity contribution in [3.63, 3.8) is 0 Å². The van der Waals surface area contributed by atoms with E-state index in [4.69, 9.17) is 0 Å². The van der Waals surface area contributed by atoms with E-state index in [9.17, 15) is 4.79 Å². The molecule has 3 rings (SSSR count). The lowest BCUT2D eigenvalue weighted by Crippen LogP contribution is -2.28. The number of imidazole rings is 1. The van der Waals surface area contributed by atoms with Crippen LogP contribution in [-0.4, -0.2) is 33.9 Å². The third-order valence-corrected chi connectivity index (χ3v) is 5.38. The van der Waals surface area contributed by atoms with Gasteiger partial charge in [0.25, 0.3) is 0 Å². The fourth-order valence-corrected chi connectivity index (χ4v) is 4.03. The zero-order valence-electron chi connectivity index (χ0n) is 13.8. The van der Waals surface area contributed by atoms with Crippen LogP contribution in [0.1, 0.15) is 75.2 Å². The summed E-state index contributed by atoms with van der Waals surface area (Å²) in [5.74, 6) is 2.69. The van der Waals surface area contributed by atoms with Gasteiger partial charge >= 0.3 is 0 Å². The van der Waals surface area contributed by atoms with Crippen molar-refractivity contribution in [3.8, 4) is 0 Å². The van der Waals surface area contributed by atoms with Gasteiger partial charge < -0.3 is 9.88 Å². The first-order valence-corrected chi connectivity index (χ1v) is 9.01. The second-order valence-electron chi connectivity index (χ2n) is 7.17. The van der Waals surface area contributed by atoms with Crippen LogP contribution in [0.25, 0.3) is 0 Å². The Bertz CT molecular complexity index is 490. The first-order chi connectivity index (χ1) is 10.7. The summed E-state index contributed by atoms with van der Waals surface area (Å²) in [5, 5.41) is 0. The van der Waals surface area contributed by atoms with Gasteiger partial charge in [0.05, 0.1) is 0 Å². The van der Waals surface area contributed by atoms with Gasteiger partial charge in [-0.2, -0.15) is 0 Å². The average Bonchev–Trinajstić information content (AvgIpc) is 3.17. The molecule has 2 fully saturated rings. The van der Waals surface area contributed by atoms with Crippen molar-refractivity contribution >= 4 is 5.91 Å². The minimum absolute atomic E-state index is 0.349. The number of likely N-dealkylation sites (tertiary alicyclic amines) is 1. The Labute approximate surface area is 133 Å². The normalized spacial score (nSPS) is 23.1. The predicted octanol–water partition coefficient (Wildman–Crippen LogP) is 3.78. The Morgan fingerprint density at radius 1 is 1.32 bits per heavy atom. The molecule has 0 bridgehead atoms. The largest absolute Gasteiger partial charge is 0.346 e. The molecule has 2 heterocycles. The molecule has 1 atom stereocenters. The maximum absolute atomic E-state index is 12.4. The number of carbonyl (C=O) groups excluding carboxylic acids is 1. The van der Waals surface area contributed by atoms with E-state index in [1.165, 1.54) is 38.5 Å². The molecule has 1 aromatic heterocycles. The number of amides is 1. The molecule has 22 heavy (non-hydrogen) atoms. The van der Waals surface area contributed by atoms with Crippen LogP contribution in [-0.2, 0) is 4.79 Å². The van der Waals surface area contributed by atoms with Crippen molar-refractivity contribution < 1.29 is 4.79 Å². The Kier molecular flexibility index (Phi) is 5.16. The van der Waals surface area contributed by atoms with E-state index in [1.807, 2.05) is 18.0 Å². The van der Waals surface area contributed by atoms with Crippen LogP contribution in [0.5, 0.6) is 0 Å². The highest BCUT2D eigenvalue weighted by Gasteiger charge is 2.28. The minimum Gasteiger partial charge on any atom is -0.346 e. The van der Waals surface area contributed by atoms with Crippen LogP contribution < -0.4 is 0 Å². The van der Waals surface area contributed by atoms with Gasteiger partial charge in [-0.05, 0) is 32.1 Å². The van der Waals surface area contributed by atoms with Crippen LogP contribution >= 0.6 is 0 Å². The highest BCUT2D eigenvalue weighted by Crippen LogP contribution is 2.29. The molecule has 1 N–H and O–H groups in total. The van der Waals surface area contributed by atoms with E-state index in [2.05, 4.69) is 9.97 Å². The van der Waals surface area contributed by atoms with Crippen LogP contribution in [0.3, 0.4) is 0 Å². The topological polar surface area (TPSA) is 49.0 Å². The van der Waals surface area contributed by atoms with E-state index < -0.39 is 0 Å². The third kappa shape index (κ3) is 3.90. The van der Waals surface area contributed by atoms with Crippen LogP contribution in [0, 0.1) is 12.8 Å². The average molecular weight is 303 g/mol. The van der Waals surface area contributed by atoms with Crippen LogP contribution in [0.2, 0.25) is 0 Å². The summed E-state index contributed by atoms with van der Waals surface area (Å²) >= 11 is 0. The summed E-state index contributed by atoms with van der Waals surface area (Å²) in [5.41, 5.74) is 1.10. The number of nitrogens with one attached hydrogen (secondary N) is 1. The maximum Gasteiger partial charge on any atom is 0.222 e. The second kappa shape index (κ2) is 7.30. The number of aromatic nitrogens is 2. The standard InChI is InChI=1S/C18H29N3O/c1-14-12-19-18(20-14)16-10-11-21(13-16)17(22)9-5-8-15-6-3-2-4-7-15/h12,15-16H,2-11,13H2,1H3,(H,19,20). The number of H-pyrrole nitrogens is 1. The van der Waals surface area contributed by atoms with Crippen molar-refractivity contribution in [2.75, 3.05) is 13.1 Å². The van der Waals surface area contributed by atoms with Crippen molar-refractivity contribution in [1.82, 2.24) is 14.9 Å². The number of rotatable bonds is 5. The van der Waals surface area contributed by atoms with Gasteiger partial charge in [0.1, 0.15) is 5.82 Å². The Morgan fingerprint density at radius 2 is 2.14 bits per heavy atom. The van der Waals surface area contributed by atoms with Gasteiger partial charge in [0, 0.05) is 37.3 Å². The summed E-state index contributed by atoms with van der Waals surface area (Å²) in [6.07, 6.45) is 13.0. The van der Waals surface area contributed by atoms with E-state index in [-0.39, 0.29) is 0 Å². The highest BCUT2D eigenvalue weighted by molar-refractivity contribution is 5.76. The maximum atomic E-state index is 12.4. The molecule has 0 aromatic carbocycles. The van der Waals surface area contributed by atoms with Gasteiger partial charge in [-0.3, -0.25) is 4.79 Å². The lowest BCUT2D eigenvalue weighted by Gasteiger charge is -2.22. The number of hydrogen-bond acceptors (Lipinski definition) is 2. The molecule has 1 aliphatic heterocycles. The lowest BCUT2D eigenvalue weighted by molar-refractivity contribution is -0.130. The first-order valence-electron chi connectivity index (χ1n) is 9.01. The van der Waals surface area contributed by atoms with Gasteiger partial charge in [-0.15, -0.1) is 0 Å². The van der Waals surface area contributed by atoms with Crippen molar-refractivity contribution in [1.29, 1.82) is 0 Å². The zero-order valence-corrected chi connectivity index (χ0v) is 13.8. The number of nitrogens with zero attached hydrogens (tertiary/aromatic N) is 2. The smallest absolute Gasteiger partial charge is 0.222 e. The van der Waals surface area contributed by atoms with Crippen LogP contribution in [0.4, 0.5) is 0 Å². The summed E-state index contributed by atoms with van der Waals surface area (Å²) in [6.45, 7) is 3.77. The monoisotopic (exact) mass is 303 g/mol. The van der Waals surface area contributed by atoms with Crippen molar-refractivity contribution in [3.05, 3.63) is 17.7 Å². The third-order valence-electron chi connectivity index (χ3n) is 5.38. The fraction of sp³-hybridized carbons (Fsp3) is 0.778. The number of aromatic amines is 1. The van der Waals surface area contributed by atoms with Gasteiger partial charge in [-0.1, -0.05) is 32.1 Å². The molecule has 1 aliphatic carbocycles. The summed E-state index contributed by atoms with van der Waals surface area (Å²) in [4.78, 5) is 22.1. The molecule has 1 aromatic rings. The Hall–Kier alpha value is -1.32. The molecule has 122 valence electrons. The fourth-order valence-electron chi connectivity index (χ4n) is 4.03. The van der Waals surface area contributed by atoms with E-state index in [0.717, 1.165) is 49.8 Å². The molecule has 1 unspecified atom stereocenters. The van der Waals surface area contributed by atoms with Gasteiger partial charge in [0.15, 0.2) is 0 Å². The number of carbonyl (C=O) groups is 1. The molecule has 1 saturated heterocycles. The zero-order chi connectivity index (χ0) is 15.4. The number of aryl methyl sites for hydroxylation is 1. The minimum atomic E-state index is 0.349. The Morgan fingerprint density at radius 3 is 2.86 bits per heavy atom. The first kappa shape index (κ1) is 15.6. The Balaban J connectivity index is 1.39. The predicted molar refractivity (Wildman–Crippen MR) is 87.7 cm³/mol. The summed E-state index contributed by atoms with van der Waals surface area (Å²) in [7, 11) is 0. The van der Waals surface area contributed by atoms with Crippen molar-refractivity contribution in [2.24, 2.45) is 5.92 Å². The van der Waals surface area contributed by atoms with E-state index in [1.54, 1.807) is 0 Å². The molecular formula is C18H29N3O. The molecule has 4 heteroatoms. The summed E-state index contributed by atoms with van der Waals surface area (Å²) < 4.78 is 0. The van der Waals surface area contributed by atoms with E-state index >= 15 is 0 Å². The molecule has 0 radical (unpaired) electrons.